The van der Waals surface area contributed by atoms with Crippen LogP contribution in [0.5, 0.6) is 0 Å². The van der Waals surface area contributed by atoms with Crippen molar-refractivity contribution in [2.24, 2.45) is 0 Å². The average Bonchev–Trinajstić information content (AvgIpc) is 3.40. The van der Waals surface area contributed by atoms with Crippen molar-refractivity contribution in [3.05, 3.63) is 58.9 Å². The number of hydrogen-bond donors (Lipinski definition) is 2. The first-order valence-corrected chi connectivity index (χ1v) is 12.6. The van der Waals surface area contributed by atoms with E-state index >= 15 is 0 Å². The number of aliphatic carboxylic acids is 1. The van der Waals surface area contributed by atoms with Crippen molar-refractivity contribution in [2.75, 3.05) is 26.7 Å². The monoisotopic (exact) mass is 538 g/mol. The highest BCUT2D eigenvalue weighted by Gasteiger charge is 2.36. The highest BCUT2D eigenvalue weighted by molar-refractivity contribution is 6.13. The van der Waals surface area contributed by atoms with Gasteiger partial charge in [-0.2, -0.15) is 4.58 Å². The first-order chi connectivity index (χ1) is 18.4. The molecule has 2 N–H and O–H groups in total. The number of hydrogen-bond acceptors (Lipinski definition) is 8. The fraction of sp³-hybridized carbons (Fsp3) is 0.393. The summed E-state index contributed by atoms with van der Waals surface area (Å²) in [7, 11) is 1.96. The van der Waals surface area contributed by atoms with E-state index < -0.39 is 29.7 Å². The molecule has 0 aromatic carbocycles. The molecule has 0 fully saturated rings. The van der Waals surface area contributed by atoms with Gasteiger partial charge in [0.05, 0.1) is 13.1 Å². The first kappa shape index (κ1) is 27.8. The third-order valence-corrected chi connectivity index (χ3v) is 6.15. The minimum absolute atomic E-state index is 0.0109. The molecule has 39 heavy (non-hydrogen) atoms. The Morgan fingerprint density at radius 2 is 1.87 bits per heavy atom. The minimum Gasteiger partial charge on any atom is -0.480 e. The van der Waals surface area contributed by atoms with Crippen LogP contribution in [0.25, 0.3) is 11.2 Å². The Morgan fingerprint density at radius 3 is 2.51 bits per heavy atom. The van der Waals surface area contributed by atoms with Gasteiger partial charge in [0.25, 0.3) is 0 Å². The maximum Gasteiger partial charge on any atom is 0.424 e. The zero-order valence-electron chi connectivity index (χ0n) is 22.4. The second-order valence-corrected chi connectivity index (χ2v) is 10.5. The van der Waals surface area contributed by atoms with E-state index in [1.165, 1.54) is 0 Å². The molecule has 1 atom stereocenters. The molecule has 0 saturated heterocycles. The smallest absolute Gasteiger partial charge is 0.424 e. The minimum atomic E-state index is -1.22. The van der Waals surface area contributed by atoms with Crippen LogP contribution < -0.4 is 5.32 Å². The Kier molecular flexibility index (Phi) is 8.01. The third kappa shape index (κ3) is 6.80. The number of amides is 2. The van der Waals surface area contributed by atoms with Crippen LogP contribution in [0.15, 0.2) is 52.2 Å². The molecule has 3 heterocycles. The van der Waals surface area contributed by atoms with Crippen molar-refractivity contribution in [2.45, 2.75) is 45.3 Å². The Labute approximate surface area is 225 Å². The molecule has 1 unspecified atom stereocenters. The fourth-order valence-electron chi connectivity index (χ4n) is 4.21. The van der Waals surface area contributed by atoms with E-state index in [1.807, 2.05) is 7.05 Å². The molecular weight excluding hydrogens is 506 g/mol. The molecule has 2 aliphatic rings. The van der Waals surface area contributed by atoms with E-state index in [1.54, 1.807) is 68.0 Å². The van der Waals surface area contributed by atoms with E-state index in [4.69, 9.17) is 13.9 Å². The molecule has 2 bridgehead atoms. The van der Waals surface area contributed by atoms with Gasteiger partial charge in [0.2, 0.25) is 0 Å². The van der Waals surface area contributed by atoms with Crippen LogP contribution in [-0.2, 0) is 14.3 Å². The molecule has 206 valence electrons. The summed E-state index contributed by atoms with van der Waals surface area (Å²) in [6, 6.07) is 2.06. The van der Waals surface area contributed by atoms with Crippen molar-refractivity contribution in [1.82, 2.24) is 10.2 Å². The number of rotatable bonds is 7. The predicted octanol–water partition coefficient (Wildman–Crippen LogP) is 3.33. The summed E-state index contributed by atoms with van der Waals surface area (Å²) in [5, 5.41) is 11.9. The van der Waals surface area contributed by atoms with Crippen LogP contribution >= 0.6 is 0 Å². The summed E-state index contributed by atoms with van der Waals surface area (Å²) >= 11 is 0. The van der Waals surface area contributed by atoms with Gasteiger partial charge in [0.15, 0.2) is 18.3 Å². The van der Waals surface area contributed by atoms with E-state index in [0.717, 1.165) is 0 Å². The number of benzene rings is 1. The Balaban J connectivity index is 1.47. The van der Waals surface area contributed by atoms with Gasteiger partial charge >= 0.3 is 23.9 Å². The molecular formula is C28H32N3O8+. The molecule has 0 radical (unpaired) electrons. The number of carbonyl (C=O) groups excluding carboxylic acids is 3. The van der Waals surface area contributed by atoms with Gasteiger partial charge in [-0.3, -0.25) is 4.90 Å². The second kappa shape index (κ2) is 11.2. The first-order valence-electron chi connectivity index (χ1n) is 12.6. The van der Waals surface area contributed by atoms with Crippen LogP contribution in [0.4, 0.5) is 4.79 Å². The number of ether oxygens (including phenoxy) is 2. The van der Waals surface area contributed by atoms with Gasteiger partial charge in [-0.25, -0.2) is 19.2 Å². The highest BCUT2D eigenvalue weighted by Crippen LogP contribution is 2.31. The number of fused-ring (bicyclic) bond motifs is 2. The zero-order chi connectivity index (χ0) is 28.3. The largest absolute Gasteiger partial charge is 0.480 e. The number of nitrogens with zero attached hydrogens (tertiary/aromatic N) is 2. The normalized spacial score (nSPS) is 17.1. The number of likely N-dealkylation sites (N-methyl/N-ethyl adjacent to an activating group) is 1. The lowest BCUT2D eigenvalue weighted by Crippen LogP contribution is -2.43. The molecule has 2 aromatic heterocycles. The van der Waals surface area contributed by atoms with E-state index in [2.05, 4.69) is 10.2 Å². The summed E-state index contributed by atoms with van der Waals surface area (Å²) in [5.74, 6) is -1.94. The van der Waals surface area contributed by atoms with Crippen molar-refractivity contribution >= 4 is 41.3 Å². The van der Waals surface area contributed by atoms with Crippen molar-refractivity contribution in [3.63, 3.8) is 0 Å². The van der Waals surface area contributed by atoms with Crippen molar-refractivity contribution < 1.29 is 42.8 Å². The molecule has 0 spiro atoms. The number of esters is 1. The van der Waals surface area contributed by atoms with Gasteiger partial charge < -0.3 is 24.3 Å². The lowest BCUT2D eigenvalue weighted by atomic mass is 10.1. The summed E-state index contributed by atoms with van der Waals surface area (Å²) in [5.41, 5.74) is 0.679. The van der Waals surface area contributed by atoms with Crippen LogP contribution in [-0.4, -0.2) is 83.1 Å². The maximum atomic E-state index is 13.3. The summed E-state index contributed by atoms with van der Waals surface area (Å²) in [4.78, 5) is 52.3. The SMILES string of the molecule is CN1CC=[N+](C(=O)c2c(C(=O)OC3=CC=C(CC(NC(=O)OC(C)(C)C)C(=O)O)C=CC3)c3ccc2o3)CC1. The van der Waals surface area contributed by atoms with Crippen LogP contribution in [0, 0.1) is 0 Å². The number of carbonyl (C=O) groups is 4. The molecule has 2 aromatic rings. The number of alkyl carbamates (subject to hydrolysis) is 1. The Bertz CT molecular complexity index is 1410. The van der Waals surface area contributed by atoms with Gasteiger partial charge in [-0.15, -0.1) is 0 Å². The number of furan rings is 2. The van der Waals surface area contributed by atoms with Crippen molar-refractivity contribution in [1.29, 1.82) is 0 Å². The van der Waals surface area contributed by atoms with Crippen LogP contribution in [0.2, 0.25) is 0 Å². The average molecular weight is 539 g/mol. The van der Waals surface area contributed by atoms with Crippen molar-refractivity contribution in [3.8, 4) is 0 Å². The quantitative estimate of drug-likeness (QED) is 0.401. The molecule has 1 aliphatic carbocycles. The Hall–Kier alpha value is -4.25. The van der Waals surface area contributed by atoms with E-state index in [0.29, 0.717) is 36.5 Å². The molecule has 2 amide bonds. The molecule has 11 nitrogen and oxygen atoms in total. The fourth-order valence-corrected chi connectivity index (χ4v) is 4.21. The number of nitrogens with one attached hydrogen (secondary N) is 1. The second-order valence-electron chi connectivity index (χ2n) is 10.5. The van der Waals surface area contributed by atoms with E-state index in [-0.39, 0.29) is 35.5 Å². The highest BCUT2D eigenvalue weighted by atomic mass is 16.6. The van der Waals surface area contributed by atoms with E-state index in [9.17, 15) is 24.3 Å². The molecule has 4 rings (SSSR count). The lowest BCUT2D eigenvalue weighted by Gasteiger charge is -2.22. The number of carboxylic acid groups (broad SMARTS) is 1. The number of allylic oxidation sites excluding steroid dienone is 4. The molecule has 11 heteroatoms. The van der Waals surface area contributed by atoms with Gasteiger partial charge in [0.1, 0.15) is 34.1 Å². The topological polar surface area (TPSA) is 138 Å². The molecule has 0 saturated carbocycles. The summed E-state index contributed by atoms with van der Waals surface area (Å²) in [6.07, 6.45) is 7.82. The Morgan fingerprint density at radius 1 is 1.15 bits per heavy atom. The maximum absolute atomic E-state index is 13.3. The molecule has 1 aliphatic heterocycles. The predicted molar refractivity (Wildman–Crippen MR) is 141 cm³/mol. The van der Waals surface area contributed by atoms with Crippen LogP contribution in [0.3, 0.4) is 0 Å². The third-order valence-electron chi connectivity index (χ3n) is 6.15. The standard InChI is InChI=1S/C28H31N3O8/c1-28(2,3)39-27(36)29-19(25(33)34)16-17-6-5-7-18(9-8-17)37-26(35)23-21-11-10-20(38-21)22(23)24(32)31-14-12-30(4)13-15-31/h5-6,8-11,14,19H,7,12-13,15-16H2,1-4H3,(H-,29,33,34,36)/p+1. The van der Waals surface area contributed by atoms with Gasteiger partial charge in [0, 0.05) is 12.8 Å². The number of carboxylic acids is 1. The zero-order valence-corrected chi connectivity index (χ0v) is 22.4. The van der Waals surface area contributed by atoms with Gasteiger partial charge in [-0.05, 0) is 51.6 Å². The lowest BCUT2D eigenvalue weighted by molar-refractivity contribution is -0.431. The summed E-state index contributed by atoms with van der Waals surface area (Å²) < 4.78 is 18.0. The van der Waals surface area contributed by atoms with Gasteiger partial charge in [-0.1, -0.05) is 18.2 Å². The summed E-state index contributed by atoms with van der Waals surface area (Å²) in [6.45, 7) is 6.87. The van der Waals surface area contributed by atoms with Crippen LogP contribution in [0.1, 0.15) is 54.3 Å².